The number of carbonyl (C=O) groups is 1. The van der Waals surface area contributed by atoms with Crippen LogP contribution in [-0.2, 0) is 13.1 Å². The molecule has 1 heterocycles. The normalized spacial score (nSPS) is 11.4. The van der Waals surface area contributed by atoms with Crippen molar-refractivity contribution in [2.75, 3.05) is 39.5 Å². The van der Waals surface area contributed by atoms with Crippen molar-refractivity contribution in [3.05, 3.63) is 65.5 Å². The van der Waals surface area contributed by atoms with E-state index < -0.39 is 5.97 Å². The summed E-state index contributed by atoms with van der Waals surface area (Å²) < 4.78 is 0. The van der Waals surface area contributed by atoms with Crippen LogP contribution in [0, 0.1) is 0 Å². The van der Waals surface area contributed by atoms with E-state index in [0.717, 1.165) is 41.8 Å². The molecule has 0 spiro atoms. The average molecular weight is 408 g/mol. The number of para-hydroxylation sites is 1. The topological polar surface area (TPSA) is 81.6 Å². The fraction of sp³-hybridized carbons (Fsp3) is 0.348. The zero-order valence-electron chi connectivity index (χ0n) is 17.8. The molecule has 3 rings (SSSR count). The first kappa shape index (κ1) is 21.7. The predicted octanol–water partition coefficient (Wildman–Crippen LogP) is 3.32. The molecule has 3 aromatic rings. The van der Waals surface area contributed by atoms with Crippen molar-refractivity contribution in [3.8, 4) is 0 Å². The minimum Gasteiger partial charge on any atom is -0.478 e. The van der Waals surface area contributed by atoms with Gasteiger partial charge in [-0.25, -0.2) is 14.8 Å². The number of anilines is 1. The molecule has 158 valence electrons. The minimum absolute atomic E-state index is 0.326. The SMILES string of the molecule is CN(C)CCCNc1nc(CN(C)Cc2ccccc2C(=O)O)nc2ccccc12. The summed E-state index contributed by atoms with van der Waals surface area (Å²) in [4.78, 5) is 25.1. The van der Waals surface area contributed by atoms with Crippen LogP contribution in [0.3, 0.4) is 0 Å². The number of rotatable bonds is 10. The number of nitrogens with zero attached hydrogens (tertiary/aromatic N) is 4. The number of aromatic nitrogens is 2. The molecule has 0 aliphatic heterocycles. The molecular weight excluding hydrogens is 378 g/mol. The molecule has 0 saturated heterocycles. The summed E-state index contributed by atoms with van der Waals surface area (Å²) in [5.74, 6) is 0.637. The highest BCUT2D eigenvalue weighted by molar-refractivity contribution is 5.89. The van der Waals surface area contributed by atoms with Gasteiger partial charge in [0.1, 0.15) is 11.6 Å². The number of carboxylic acids is 1. The van der Waals surface area contributed by atoms with Gasteiger partial charge in [0.25, 0.3) is 0 Å². The van der Waals surface area contributed by atoms with E-state index in [-0.39, 0.29) is 0 Å². The molecule has 0 aliphatic carbocycles. The summed E-state index contributed by atoms with van der Waals surface area (Å²) in [5, 5.41) is 13.9. The second-order valence-corrected chi connectivity index (χ2v) is 7.72. The van der Waals surface area contributed by atoms with Crippen molar-refractivity contribution >= 4 is 22.7 Å². The van der Waals surface area contributed by atoms with Crippen molar-refractivity contribution in [2.45, 2.75) is 19.5 Å². The first-order chi connectivity index (χ1) is 14.4. The second-order valence-electron chi connectivity index (χ2n) is 7.72. The van der Waals surface area contributed by atoms with Crippen molar-refractivity contribution < 1.29 is 9.90 Å². The van der Waals surface area contributed by atoms with Gasteiger partial charge in [-0.15, -0.1) is 0 Å². The molecule has 0 amide bonds. The number of hydrogen-bond acceptors (Lipinski definition) is 6. The van der Waals surface area contributed by atoms with Crippen LogP contribution in [0.5, 0.6) is 0 Å². The van der Waals surface area contributed by atoms with Gasteiger partial charge < -0.3 is 15.3 Å². The highest BCUT2D eigenvalue weighted by Gasteiger charge is 2.13. The van der Waals surface area contributed by atoms with Crippen LogP contribution in [0.25, 0.3) is 10.9 Å². The summed E-state index contributed by atoms with van der Waals surface area (Å²) in [6.07, 6.45) is 1.02. The molecule has 0 bridgehead atoms. The van der Waals surface area contributed by atoms with Gasteiger partial charge in [0.05, 0.1) is 17.6 Å². The van der Waals surface area contributed by atoms with E-state index >= 15 is 0 Å². The number of nitrogens with one attached hydrogen (secondary N) is 1. The van der Waals surface area contributed by atoms with Crippen molar-refractivity contribution in [2.24, 2.45) is 0 Å². The first-order valence-electron chi connectivity index (χ1n) is 10.1. The molecule has 0 unspecified atom stereocenters. The van der Waals surface area contributed by atoms with Gasteiger partial charge in [0.15, 0.2) is 0 Å². The Morgan fingerprint density at radius 3 is 2.50 bits per heavy atom. The van der Waals surface area contributed by atoms with Gasteiger partial charge >= 0.3 is 5.97 Å². The standard InChI is InChI=1S/C23H29N5O2/c1-27(2)14-8-13-24-22-19-11-6-7-12-20(19)25-21(26-22)16-28(3)15-17-9-4-5-10-18(17)23(29)30/h4-7,9-12H,8,13-16H2,1-3H3,(H,29,30)(H,24,25,26). The van der Waals surface area contributed by atoms with E-state index in [2.05, 4.69) is 24.3 Å². The lowest BCUT2D eigenvalue weighted by molar-refractivity contribution is 0.0694. The van der Waals surface area contributed by atoms with E-state index in [1.54, 1.807) is 12.1 Å². The monoisotopic (exact) mass is 407 g/mol. The quantitative estimate of drug-likeness (QED) is 0.499. The first-order valence-corrected chi connectivity index (χ1v) is 10.1. The van der Waals surface area contributed by atoms with E-state index in [9.17, 15) is 9.90 Å². The largest absolute Gasteiger partial charge is 0.478 e. The Labute approximate surface area is 177 Å². The number of benzene rings is 2. The number of aromatic carboxylic acids is 1. The summed E-state index contributed by atoms with van der Waals surface area (Å²) >= 11 is 0. The third-order valence-electron chi connectivity index (χ3n) is 4.82. The maximum atomic E-state index is 11.5. The highest BCUT2D eigenvalue weighted by Crippen LogP contribution is 2.21. The van der Waals surface area contributed by atoms with E-state index in [0.29, 0.717) is 24.5 Å². The fourth-order valence-electron chi connectivity index (χ4n) is 3.39. The number of carboxylic acid groups (broad SMARTS) is 1. The molecule has 7 heteroatoms. The third-order valence-corrected chi connectivity index (χ3v) is 4.82. The molecule has 30 heavy (non-hydrogen) atoms. The molecule has 0 radical (unpaired) electrons. The van der Waals surface area contributed by atoms with Crippen molar-refractivity contribution in [1.82, 2.24) is 19.8 Å². The Morgan fingerprint density at radius 1 is 1.00 bits per heavy atom. The summed E-state index contributed by atoms with van der Waals surface area (Å²) in [6.45, 7) is 2.87. The Hall–Kier alpha value is -3.03. The van der Waals surface area contributed by atoms with Gasteiger partial charge in [-0.3, -0.25) is 4.90 Å². The van der Waals surface area contributed by atoms with Gasteiger partial charge in [-0.2, -0.15) is 0 Å². The van der Waals surface area contributed by atoms with Crippen LogP contribution in [-0.4, -0.2) is 65.1 Å². The Kier molecular flexibility index (Phi) is 7.32. The number of hydrogen-bond donors (Lipinski definition) is 2. The van der Waals surface area contributed by atoms with Gasteiger partial charge in [-0.1, -0.05) is 30.3 Å². The smallest absolute Gasteiger partial charge is 0.336 e. The molecule has 2 N–H and O–H groups in total. The van der Waals surface area contributed by atoms with Crippen LogP contribution in [0.15, 0.2) is 48.5 Å². The lowest BCUT2D eigenvalue weighted by Crippen LogP contribution is -2.21. The molecule has 2 aromatic carbocycles. The summed E-state index contributed by atoms with van der Waals surface area (Å²) in [5.41, 5.74) is 2.00. The molecule has 0 fully saturated rings. The maximum Gasteiger partial charge on any atom is 0.336 e. The maximum absolute atomic E-state index is 11.5. The van der Waals surface area contributed by atoms with E-state index in [1.165, 1.54) is 0 Å². The zero-order chi connectivity index (χ0) is 21.5. The zero-order valence-corrected chi connectivity index (χ0v) is 17.8. The Morgan fingerprint density at radius 2 is 1.73 bits per heavy atom. The van der Waals surface area contributed by atoms with Crippen molar-refractivity contribution in [3.63, 3.8) is 0 Å². The van der Waals surface area contributed by atoms with Crippen LogP contribution >= 0.6 is 0 Å². The molecule has 1 aromatic heterocycles. The summed E-state index contributed by atoms with van der Waals surface area (Å²) in [7, 11) is 6.08. The van der Waals surface area contributed by atoms with Gasteiger partial charge in [0.2, 0.25) is 0 Å². The molecular formula is C23H29N5O2. The summed E-state index contributed by atoms with van der Waals surface area (Å²) in [6, 6.07) is 15.1. The van der Waals surface area contributed by atoms with E-state index in [1.807, 2.05) is 48.3 Å². The molecule has 0 aliphatic rings. The second kappa shape index (κ2) is 10.1. The minimum atomic E-state index is -0.912. The van der Waals surface area contributed by atoms with Crippen LogP contribution in [0.2, 0.25) is 0 Å². The lowest BCUT2D eigenvalue weighted by atomic mass is 10.1. The van der Waals surface area contributed by atoms with Gasteiger partial charge in [0, 0.05) is 18.5 Å². The van der Waals surface area contributed by atoms with Crippen LogP contribution < -0.4 is 5.32 Å². The third kappa shape index (κ3) is 5.75. The fourth-order valence-corrected chi connectivity index (χ4v) is 3.39. The lowest BCUT2D eigenvalue weighted by Gasteiger charge is -2.18. The van der Waals surface area contributed by atoms with Gasteiger partial charge in [-0.05, 0) is 57.9 Å². The average Bonchev–Trinajstić information content (AvgIpc) is 2.71. The van der Waals surface area contributed by atoms with Crippen molar-refractivity contribution in [1.29, 1.82) is 0 Å². The predicted molar refractivity (Wildman–Crippen MR) is 120 cm³/mol. The van der Waals surface area contributed by atoms with Crippen LogP contribution in [0.1, 0.15) is 28.2 Å². The highest BCUT2D eigenvalue weighted by atomic mass is 16.4. The molecule has 7 nitrogen and oxygen atoms in total. The van der Waals surface area contributed by atoms with Crippen LogP contribution in [0.4, 0.5) is 5.82 Å². The van der Waals surface area contributed by atoms with E-state index in [4.69, 9.17) is 9.97 Å². The molecule has 0 atom stereocenters. The Balaban J connectivity index is 1.76. The molecule has 0 saturated carbocycles. The Bertz CT molecular complexity index is 1010. The number of fused-ring (bicyclic) bond motifs is 1.